The summed E-state index contributed by atoms with van der Waals surface area (Å²) in [5, 5.41) is 6.02. The molecule has 0 spiro atoms. The fourth-order valence-electron chi connectivity index (χ4n) is 1.20. The van der Waals surface area contributed by atoms with Gasteiger partial charge >= 0.3 is 0 Å². The molecule has 0 atom stereocenters. The van der Waals surface area contributed by atoms with Crippen molar-refractivity contribution in [1.29, 1.82) is 0 Å². The van der Waals surface area contributed by atoms with Gasteiger partial charge in [-0.15, -0.1) is 0 Å². The highest BCUT2D eigenvalue weighted by Crippen LogP contribution is 2.20. The fourth-order valence-corrected chi connectivity index (χ4v) is 1.75. The number of hydrogen-bond donors (Lipinski definition) is 0. The van der Waals surface area contributed by atoms with E-state index >= 15 is 0 Å². The topological polar surface area (TPSA) is 17.8 Å². The number of halogens is 2. The Kier molecular flexibility index (Phi) is 3.59. The molecule has 1 rings (SSSR count). The Balaban J connectivity index is 2.82. The summed E-state index contributed by atoms with van der Waals surface area (Å²) in [6, 6.07) is 0. The zero-order valence-corrected chi connectivity index (χ0v) is 9.61. The summed E-state index contributed by atoms with van der Waals surface area (Å²) < 4.78 is 1.72. The number of aromatic nitrogens is 2. The Labute approximate surface area is 86.0 Å². The van der Waals surface area contributed by atoms with Crippen LogP contribution in [0.4, 0.5) is 0 Å². The van der Waals surface area contributed by atoms with Crippen LogP contribution in [0.15, 0.2) is 0 Å². The van der Waals surface area contributed by atoms with Crippen molar-refractivity contribution in [3.63, 3.8) is 0 Å². The normalized spacial score (nSPS) is 10.7. The highest BCUT2D eigenvalue weighted by molar-refractivity contribution is 9.09. The second-order valence-corrected chi connectivity index (χ2v) is 3.92. The zero-order chi connectivity index (χ0) is 9.14. The molecule has 0 N–H and O–H groups in total. The summed E-state index contributed by atoms with van der Waals surface area (Å²) >= 11 is 9.43. The van der Waals surface area contributed by atoms with Gasteiger partial charge in [0.05, 0.1) is 5.69 Å². The molecule has 12 heavy (non-hydrogen) atoms. The van der Waals surface area contributed by atoms with Gasteiger partial charge in [0.2, 0.25) is 0 Å². The van der Waals surface area contributed by atoms with E-state index in [1.54, 1.807) is 4.68 Å². The smallest absolute Gasteiger partial charge is 0.130 e. The Morgan fingerprint density at radius 2 is 2.25 bits per heavy atom. The number of alkyl halides is 1. The highest BCUT2D eigenvalue weighted by atomic mass is 79.9. The molecule has 0 fully saturated rings. The third-order valence-corrected chi connectivity index (χ3v) is 2.86. The molecule has 0 saturated heterocycles. The van der Waals surface area contributed by atoms with E-state index in [1.165, 1.54) is 5.56 Å². The van der Waals surface area contributed by atoms with Crippen molar-refractivity contribution in [1.82, 2.24) is 9.78 Å². The van der Waals surface area contributed by atoms with Crippen LogP contribution in [0, 0.1) is 6.92 Å². The van der Waals surface area contributed by atoms with Gasteiger partial charge in [-0.2, -0.15) is 5.10 Å². The summed E-state index contributed by atoms with van der Waals surface area (Å²) in [7, 11) is 1.87. The minimum Gasteiger partial charge on any atom is -0.257 e. The molecule has 68 valence electrons. The molecule has 0 saturated carbocycles. The van der Waals surface area contributed by atoms with Crippen molar-refractivity contribution < 1.29 is 0 Å². The summed E-state index contributed by atoms with van der Waals surface area (Å²) in [6.07, 6.45) is 2.11. The Morgan fingerprint density at radius 1 is 1.58 bits per heavy atom. The molecule has 0 aliphatic rings. The van der Waals surface area contributed by atoms with Crippen LogP contribution in [0.1, 0.15) is 17.7 Å². The third-order valence-electron chi connectivity index (χ3n) is 1.83. The van der Waals surface area contributed by atoms with Crippen LogP contribution in [0.5, 0.6) is 0 Å². The lowest BCUT2D eigenvalue weighted by molar-refractivity contribution is 0.757. The van der Waals surface area contributed by atoms with Gasteiger partial charge in [0.15, 0.2) is 0 Å². The molecule has 2 nitrogen and oxygen atoms in total. The largest absolute Gasteiger partial charge is 0.257 e. The highest BCUT2D eigenvalue weighted by Gasteiger charge is 2.09. The maximum absolute atomic E-state index is 6.03. The number of nitrogens with zero attached hydrogens (tertiary/aromatic N) is 2. The molecule has 1 heterocycles. The van der Waals surface area contributed by atoms with E-state index in [1.807, 2.05) is 14.0 Å². The lowest BCUT2D eigenvalue weighted by Crippen LogP contribution is -1.90. The van der Waals surface area contributed by atoms with E-state index in [0.717, 1.165) is 29.0 Å². The molecule has 1 aromatic heterocycles. The van der Waals surface area contributed by atoms with E-state index in [-0.39, 0.29) is 0 Å². The van der Waals surface area contributed by atoms with Crippen LogP contribution in [-0.4, -0.2) is 15.1 Å². The van der Waals surface area contributed by atoms with Gasteiger partial charge in [0, 0.05) is 17.9 Å². The quantitative estimate of drug-likeness (QED) is 0.755. The van der Waals surface area contributed by atoms with Gasteiger partial charge in [-0.25, -0.2) is 0 Å². The summed E-state index contributed by atoms with van der Waals surface area (Å²) in [5.74, 6) is 0. The predicted octanol–water partition coefficient (Wildman–Crippen LogP) is 2.71. The monoisotopic (exact) mass is 250 g/mol. The second-order valence-electron chi connectivity index (χ2n) is 2.77. The van der Waals surface area contributed by atoms with Gasteiger partial charge in [-0.3, -0.25) is 4.68 Å². The first-order chi connectivity index (χ1) is 5.66. The average Bonchev–Trinajstić information content (AvgIpc) is 2.25. The van der Waals surface area contributed by atoms with Gasteiger partial charge in [0.25, 0.3) is 0 Å². The van der Waals surface area contributed by atoms with Gasteiger partial charge in [0.1, 0.15) is 5.15 Å². The molecule has 0 bridgehead atoms. The molecule has 1 aromatic rings. The SMILES string of the molecule is Cc1nn(C)c(Cl)c1CCCBr. The van der Waals surface area contributed by atoms with Gasteiger partial charge in [-0.1, -0.05) is 27.5 Å². The molecule has 0 aliphatic carbocycles. The van der Waals surface area contributed by atoms with E-state index in [2.05, 4.69) is 21.0 Å². The summed E-state index contributed by atoms with van der Waals surface area (Å²) in [6.45, 7) is 2.00. The van der Waals surface area contributed by atoms with E-state index in [9.17, 15) is 0 Å². The number of rotatable bonds is 3. The van der Waals surface area contributed by atoms with Crippen molar-refractivity contribution in [2.75, 3.05) is 5.33 Å². The first kappa shape index (κ1) is 10.1. The molecule has 0 radical (unpaired) electrons. The molecular formula is C8H12BrClN2. The van der Waals surface area contributed by atoms with Crippen LogP contribution in [0.3, 0.4) is 0 Å². The minimum absolute atomic E-state index is 0.772. The first-order valence-electron chi connectivity index (χ1n) is 3.90. The Morgan fingerprint density at radius 3 is 2.67 bits per heavy atom. The van der Waals surface area contributed by atoms with E-state index < -0.39 is 0 Å². The molecule has 0 amide bonds. The zero-order valence-electron chi connectivity index (χ0n) is 7.27. The van der Waals surface area contributed by atoms with E-state index in [0.29, 0.717) is 0 Å². The van der Waals surface area contributed by atoms with Crippen LogP contribution in [-0.2, 0) is 13.5 Å². The number of aryl methyl sites for hydroxylation is 2. The van der Waals surface area contributed by atoms with Crippen molar-refractivity contribution in [2.24, 2.45) is 7.05 Å². The Hall–Kier alpha value is -0.0200. The molecule has 0 unspecified atom stereocenters. The lowest BCUT2D eigenvalue weighted by atomic mass is 10.1. The third kappa shape index (κ3) is 2.02. The summed E-state index contributed by atoms with van der Waals surface area (Å²) in [4.78, 5) is 0. The maximum Gasteiger partial charge on any atom is 0.130 e. The van der Waals surface area contributed by atoms with Gasteiger partial charge in [-0.05, 0) is 19.8 Å². The molecule has 0 aliphatic heterocycles. The fraction of sp³-hybridized carbons (Fsp3) is 0.625. The van der Waals surface area contributed by atoms with Crippen LogP contribution in [0.2, 0.25) is 5.15 Å². The first-order valence-corrected chi connectivity index (χ1v) is 5.40. The Bertz CT molecular complexity index is 270. The lowest BCUT2D eigenvalue weighted by Gasteiger charge is -1.96. The summed E-state index contributed by atoms with van der Waals surface area (Å²) in [5.41, 5.74) is 2.22. The van der Waals surface area contributed by atoms with Crippen LogP contribution >= 0.6 is 27.5 Å². The predicted molar refractivity (Wildman–Crippen MR) is 55.1 cm³/mol. The minimum atomic E-state index is 0.772. The molecule has 0 aromatic carbocycles. The molecule has 4 heteroatoms. The molecular weight excluding hydrogens is 239 g/mol. The second kappa shape index (κ2) is 4.28. The standard InChI is InChI=1S/C8H12BrClN2/c1-6-7(4-3-5-9)8(10)12(2)11-6/h3-5H2,1-2H3. The van der Waals surface area contributed by atoms with Crippen LogP contribution in [0.25, 0.3) is 0 Å². The van der Waals surface area contributed by atoms with E-state index in [4.69, 9.17) is 11.6 Å². The average molecular weight is 252 g/mol. The van der Waals surface area contributed by atoms with Gasteiger partial charge < -0.3 is 0 Å². The van der Waals surface area contributed by atoms with Crippen molar-refractivity contribution >= 4 is 27.5 Å². The van der Waals surface area contributed by atoms with Crippen LogP contribution < -0.4 is 0 Å². The number of hydrogen-bond acceptors (Lipinski definition) is 1. The maximum atomic E-state index is 6.03. The van der Waals surface area contributed by atoms with Crippen molar-refractivity contribution in [3.8, 4) is 0 Å². The van der Waals surface area contributed by atoms with Crippen molar-refractivity contribution in [3.05, 3.63) is 16.4 Å². The van der Waals surface area contributed by atoms with Crippen molar-refractivity contribution in [2.45, 2.75) is 19.8 Å².